The molecule has 1 aliphatic rings. The predicted octanol–water partition coefficient (Wildman–Crippen LogP) is 4.42. The molecule has 0 spiro atoms. The molecule has 0 aliphatic heterocycles. The SMILES string of the molecule is CCNC(c1ccc(C)cc1Cl)C1CCc2cccnc21. The van der Waals surface area contributed by atoms with E-state index in [0.717, 1.165) is 24.4 Å². The molecule has 3 rings (SSSR count). The van der Waals surface area contributed by atoms with Gasteiger partial charge in [0, 0.05) is 28.9 Å². The molecule has 1 aliphatic carbocycles. The highest BCUT2D eigenvalue weighted by atomic mass is 35.5. The largest absolute Gasteiger partial charge is 0.310 e. The fraction of sp³-hybridized carbons (Fsp3) is 0.389. The van der Waals surface area contributed by atoms with Gasteiger partial charge in [-0.25, -0.2) is 0 Å². The molecular weight excluding hydrogens is 280 g/mol. The highest BCUT2D eigenvalue weighted by Crippen LogP contribution is 2.42. The first-order chi connectivity index (χ1) is 10.2. The normalized spacial score (nSPS) is 18.5. The van der Waals surface area contributed by atoms with E-state index >= 15 is 0 Å². The van der Waals surface area contributed by atoms with Gasteiger partial charge in [-0.05, 0) is 55.1 Å². The molecule has 2 nitrogen and oxygen atoms in total. The minimum absolute atomic E-state index is 0.235. The van der Waals surface area contributed by atoms with Crippen molar-refractivity contribution >= 4 is 11.6 Å². The van der Waals surface area contributed by atoms with Gasteiger partial charge in [-0.1, -0.05) is 36.7 Å². The minimum atomic E-state index is 0.235. The van der Waals surface area contributed by atoms with Gasteiger partial charge in [0.15, 0.2) is 0 Å². The van der Waals surface area contributed by atoms with Crippen LogP contribution in [0, 0.1) is 6.92 Å². The van der Waals surface area contributed by atoms with Gasteiger partial charge >= 0.3 is 0 Å². The number of aromatic nitrogens is 1. The zero-order valence-corrected chi connectivity index (χ0v) is 13.3. The molecule has 2 atom stereocenters. The zero-order chi connectivity index (χ0) is 14.8. The highest BCUT2D eigenvalue weighted by Gasteiger charge is 2.32. The molecule has 21 heavy (non-hydrogen) atoms. The van der Waals surface area contributed by atoms with Gasteiger partial charge in [-0.3, -0.25) is 4.98 Å². The molecule has 1 heterocycles. The maximum atomic E-state index is 6.51. The van der Waals surface area contributed by atoms with E-state index < -0.39 is 0 Å². The van der Waals surface area contributed by atoms with Crippen LogP contribution in [0.4, 0.5) is 0 Å². The second-order valence-electron chi connectivity index (χ2n) is 5.75. The summed E-state index contributed by atoms with van der Waals surface area (Å²) in [6.07, 6.45) is 4.14. The molecular formula is C18H21ClN2. The Hall–Kier alpha value is -1.38. The fourth-order valence-corrected chi connectivity index (χ4v) is 3.69. The number of pyridine rings is 1. The van der Waals surface area contributed by atoms with Crippen LogP contribution in [0.1, 0.15) is 47.7 Å². The third-order valence-electron chi connectivity index (χ3n) is 4.32. The summed E-state index contributed by atoms with van der Waals surface area (Å²) in [6.45, 7) is 5.14. The molecule has 0 fully saturated rings. The topological polar surface area (TPSA) is 24.9 Å². The number of aryl methyl sites for hydroxylation is 2. The number of benzene rings is 1. The van der Waals surface area contributed by atoms with Crippen LogP contribution in [0.2, 0.25) is 5.02 Å². The lowest BCUT2D eigenvalue weighted by Crippen LogP contribution is -2.26. The van der Waals surface area contributed by atoms with Gasteiger partial charge in [0.1, 0.15) is 0 Å². The maximum Gasteiger partial charge on any atom is 0.0485 e. The lowest BCUT2D eigenvalue weighted by atomic mass is 9.90. The Morgan fingerprint density at radius 3 is 3.00 bits per heavy atom. The summed E-state index contributed by atoms with van der Waals surface area (Å²) in [5, 5.41) is 4.47. The lowest BCUT2D eigenvalue weighted by molar-refractivity contribution is 0.447. The molecule has 0 saturated heterocycles. The van der Waals surface area contributed by atoms with Gasteiger partial charge in [-0.2, -0.15) is 0 Å². The number of hydrogen-bond donors (Lipinski definition) is 1. The number of hydrogen-bond acceptors (Lipinski definition) is 2. The van der Waals surface area contributed by atoms with Crippen molar-refractivity contribution < 1.29 is 0 Å². The number of rotatable bonds is 4. The Bertz CT molecular complexity index is 639. The minimum Gasteiger partial charge on any atom is -0.310 e. The van der Waals surface area contributed by atoms with E-state index in [1.54, 1.807) is 0 Å². The van der Waals surface area contributed by atoms with Crippen LogP contribution in [-0.4, -0.2) is 11.5 Å². The molecule has 3 heteroatoms. The van der Waals surface area contributed by atoms with E-state index in [0.29, 0.717) is 5.92 Å². The Morgan fingerprint density at radius 1 is 1.38 bits per heavy atom. The van der Waals surface area contributed by atoms with Crippen LogP contribution in [0.15, 0.2) is 36.5 Å². The second kappa shape index (κ2) is 6.17. The van der Waals surface area contributed by atoms with E-state index in [-0.39, 0.29) is 6.04 Å². The smallest absolute Gasteiger partial charge is 0.0485 e. The van der Waals surface area contributed by atoms with Gasteiger partial charge in [0.05, 0.1) is 0 Å². The average molecular weight is 301 g/mol. The van der Waals surface area contributed by atoms with Gasteiger partial charge in [0.2, 0.25) is 0 Å². The number of halogens is 1. The van der Waals surface area contributed by atoms with E-state index in [4.69, 9.17) is 11.6 Å². The average Bonchev–Trinajstić information content (AvgIpc) is 2.89. The number of nitrogens with zero attached hydrogens (tertiary/aromatic N) is 1. The third kappa shape index (κ3) is 2.83. The van der Waals surface area contributed by atoms with Crippen molar-refractivity contribution in [2.75, 3.05) is 6.54 Å². The second-order valence-corrected chi connectivity index (χ2v) is 6.16. The first-order valence-corrected chi connectivity index (χ1v) is 8.01. The summed E-state index contributed by atoms with van der Waals surface area (Å²) < 4.78 is 0. The standard InChI is InChI=1S/C18H21ClN2/c1-3-20-18(14-8-6-12(2)11-16(14)19)15-9-7-13-5-4-10-21-17(13)15/h4-6,8,10-11,15,18,20H,3,7,9H2,1-2H3. The fourth-order valence-electron chi connectivity index (χ4n) is 3.34. The van der Waals surface area contributed by atoms with Crippen LogP contribution >= 0.6 is 11.6 Å². The predicted molar refractivity (Wildman–Crippen MR) is 87.9 cm³/mol. The van der Waals surface area contributed by atoms with Crippen molar-refractivity contribution in [1.29, 1.82) is 0 Å². The Morgan fingerprint density at radius 2 is 2.24 bits per heavy atom. The number of fused-ring (bicyclic) bond motifs is 1. The zero-order valence-electron chi connectivity index (χ0n) is 12.6. The van der Waals surface area contributed by atoms with E-state index in [9.17, 15) is 0 Å². The van der Waals surface area contributed by atoms with E-state index in [1.165, 1.54) is 22.4 Å². The number of nitrogens with one attached hydrogen (secondary N) is 1. The molecule has 1 aromatic heterocycles. The van der Waals surface area contributed by atoms with Gasteiger partial charge in [-0.15, -0.1) is 0 Å². The third-order valence-corrected chi connectivity index (χ3v) is 4.65. The van der Waals surface area contributed by atoms with Crippen LogP contribution < -0.4 is 5.32 Å². The monoisotopic (exact) mass is 300 g/mol. The Labute approximate surface area is 131 Å². The van der Waals surface area contributed by atoms with Crippen molar-refractivity contribution in [3.8, 4) is 0 Å². The van der Waals surface area contributed by atoms with Crippen LogP contribution in [0.3, 0.4) is 0 Å². The molecule has 0 amide bonds. The van der Waals surface area contributed by atoms with Crippen LogP contribution in [0.25, 0.3) is 0 Å². The summed E-state index contributed by atoms with van der Waals surface area (Å²) in [4.78, 5) is 4.63. The molecule has 0 radical (unpaired) electrons. The maximum absolute atomic E-state index is 6.51. The Balaban J connectivity index is 1.99. The molecule has 1 aromatic carbocycles. The van der Waals surface area contributed by atoms with Crippen molar-refractivity contribution in [1.82, 2.24) is 10.3 Å². The van der Waals surface area contributed by atoms with Gasteiger partial charge < -0.3 is 5.32 Å². The van der Waals surface area contributed by atoms with E-state index in [1.807, 2.05) is 12.3 Å². The lowest BCUT2D eigenvalue weighted by Gasteiger charge is -2.26. The van der Waals surface area contributed by atoms with Crippen LogP contribution in [-0.2, 0) is 6.42 Å². The summed E-state index contributed by atoms with van der Waals surface area (Å²) in [5.41, 5.74) is 5.00. The first kappa shape index (κ1) is 14.6. The molecule has 0 saturated carbocycles. The summed E-state index contributed by atoms with van der Waals surface area (Å²) in [6, 6.07) is 10.8. The summed E-state index contributed by atoms with van der Waals surface area (Å²) in [5.74, 6) is 0.404. The summed E-state index contributed by atoms with van der Waals surface area (Å²) >= 11 is 6.51. The van der Waals surface area contributed by atoms with Crippen LogP contribution in [0.5, 0.6) is 0 Å². The number of likely N-dealkylation sites (N-methyl/N-ethyl adjacent to an activating group) is 1. The molecule has 2 unspecified atom stereocenters. The van der Waals surface area contributed by atoms with E-state index in [2.05, 4.69) is 48.4 Å². The molecule has 1 N–H and O–H groups in total. The van der Waals surface area contributed by atoms with Crippen molar-refractivity contribution in [3.63, 3.8) is 0 Å². The Kier molecular flexibility index (Phi) is 4.27. The molecule has 110 valence electrons. The first-order valence-electron chi connectivity index (χ1n) is 7.64. The van der Waals surface area contributed by atoms with Crippen molar-refractivity contribution in [2.24, 2.45) is 0 Å². The highest BCUT2D eigenvalue weighted by molar-refractivity contribution is 6.31. The van der Waals surface area contributed by atoms with Crippen molar-refractivity contribution in [3.05, 3.63) is 63.9 Å². The molecule has 0 bridgehead atoms. The molecule has 2 aromatic rings. The quantitative estimate of drug-likeness (QED) is 0.904. The summed E-state index contributed by atoms with van der Waals surface area (Å²) in [7, 11) is 0. The van der Waals surface area contributed by atoms with Gasteiger partial charge in [0.25, 0.3) is 0 Å². The van der Waals surface area contributed by atoms with Crippen molar-refractivity contribution in [2.45, 2.75) is 38.6 Å².